The zero-order valence-electron chi connectivity index (χ0n) is 21.6. The Kier molecular flexibility index (Phi) is 9.46. The van der Waals surface area contributed by atoms with Crippen LogP contribution in [0.25, 0.3) is 0 Å². The van der Waals surface area contributed by atoms with Gasteiger partial charge < -0.3 is 15.5 Å². The number of carbonyl (C=O) groups is 1. The highest BCUT2D eigenvalue weighted by molar-refractivity contribution is 7.89. The number of nitrogens with one attached hydrogen (secondary N) is 2. The molecular weight excluding hydrogens is 500 g/mol. The number of rotatable bonds is 13. The van der Waals surface area contributed by atoms with E-state index in [1.165, 1.54) is 31.2 Å². The highest BCUT2D eigenvalue weighted by Gasteiger charge is 2.30. The summed E-state index contributed by atoms with van der Waals surface area (Å²) < 4.78 is 27.9. The molecule has 0 fully saturated rings. The number of carbonyl (C=O) groups excluding carboxylic acids is 1. The maximum Gasteiger partial charge on any atom is 0.240 e. The van der Waals surface area contributed by atoms with Crippen LogP contribution in [-0.2, 0) is 22.9 Å². The van der Waals surface area contributed by atoms with Crippen LogP contribution in [0.15, 0.2) is 83.8 Å². The molecule has 0 saturated heterocycles. The Labute approximate surface area is 225 Å². The molecule has 0 heterocycles. The first-order valence-electron chi connectivity index (χ1n) is 13.0. The van der Waals surface area contributed by atoms with Crippen molar-refractivity contribution in [3.05, 3.63) is 101 Å². The van der Waals surface area contributed by atoms with Gasteiger partial charge >= 0.3 is 0 Å². The molecule has 1 aliphatic carbocycles. The van der Waals surface area contributed by atoms with E-state index in [-0.39, 0.29) is 29.2 Å². The summed E-state index contributed by atoms with van der Waals surface area (Å²) >= 11 is 0. The summed E-state index contributed by atoms with van der Waals surface area (Å²) in [5, 5.41) is 24.8. The maximum absolute atomic E-state index is 12.7. The van der Waals surface area contributed by atoms with Gasteiger partial charge in [0.2, 0.25) is 10.0 Å². The van der Waals surface area contributed by atoms with Crippen molar-refractivity contribution < 1.29 is 23.4 Å². The Morgan fingerprint density at radius 3 is 2.39 bits per heavy atom. The molecule has 4 unspecified atom stereocenters. The Bertz CT molecular complexity index is 1310. The summed E-state index contributed by atoms with van der Waals surface area (Å²) in [6.07, 6.45) is 1.24. The summed E-state index contributed by atoms with van der Waals surface area (Å²) in [6.45, 7) is 1.98. The van der Waals surface area contributed by atoms with Gasteiger partial charge in [-0.2, -0.15) is 0 Å². The molecule has 202 valence electrons. The van der Waals surface area contributed by atoms with Crippen molar-refractivity contribution in [1.82, 2.24) is 10.0 Å². The molecule has 38 heavy (non-hydrogen) atoms. The van der Waals surface area contributed by atoms with Crippen molar-refractivity contribution in [3.8, 4) is 0 Å². The zero-order chi connectivity index (χ0) is 27.1. The molecule has 3 aromatic rings. The van der Waals surface area contributed by atoms with E-state index in [1.807, 2.05) is 42.5 Å². The molecule has 0 saturated carbocycles. The van der Waals surface area contributed by atoms with Crippen LogP contribution in [-0.4, -0.2) is 49.7 Å². The highest BCUT2D eigenvalue weighted by Crippen LogP contribution is 2.31. The fourth-order valence-corrected chi connectivity index (χ4v) is 6.21. The van der Waals surface area contributed by atoms with Crippen LogP contribution < -0.4 is 10.0 Å². The van der Waals surface area contributed by atoms with E-state index in [0.29, 0.717) is 24.9 Å². The molecule has 0 radical (unpaired) electrons. The van der Waals surface area contributed by atoms with E-state index < -0.39 is 22.2 Å². The molecular formula is C30H36N2O5S. The van der Waals surface area contributed by atoms with E-state index in [2.05, 4.69) is 22.2 Å². The van der Waals surface area contributed by atoms with Crippen LogP contribution in [0, 0.1) is 5.92 Å². The Balaban J connectivity index is 1.35. The van der Waals surface area contributed by atoms with Crippen LogP contribution in [0.4, 0.5) is 0 Å². The molecule has 0 aliphatic heterocycles. The van der Waals surface area contributed by atoms with Gasteiger partial charge in [0.05, 0.1) is 23.1 Å². The van der Waals surface area contributed by atoms with Gasteiger partial charge in [-0.05, 0) is 67.5 Å². The predicted octanol–water partition coefficient (Wildman–Crippen LogP) is 3.42. The minimum absolute atomic E-state index is 0.0511. The Morgan fingerprint density at radius 2 is 1.68 bits per heavy atom. The standard InChI is InChI=1S/C30H36N2O5S/c1-21(33)24-11-13-27(14-12-24)38(36,37)32-20-26(34)18-23(17-22-7-3-2-4-8-22)15-16-31-30-28-10-6-5-9-25(28)19-29(30)35/h2-14,23,26,29-32,34-35H,15-20H2,1H3. The summed E-state index contributed by atoms with van der Waals surface area (Å²) in [6, 6.07) is 23.7. The van der Waals surface area contributed by atoms with Crippen molar-refractivity contribution in [3.63, 3.8) is 0 Å². The fourth-order valence-electron chi connectivity index (χ4n) is 5.14. The van der Waals surface area contributed by atoms with Crippen molar-refractivity contribution >= 4 is 15.8 Å². The minimum Gasteiger partial charge on any atom is -0.392 e. The highest BCUT2D eigenvalue weighted by atomic mass is 32.2. The first-order valence-corrected chi connectivity index (χ1v) is 14.5. The molecule has 0 spiro atoms. The summed E-state index contributed by atoms with van der Waals surface area (Å²) in [7, 11) is -3.82. The van der Waals surface area contributed by atoms with Crippen LogP contribution in [0.5, 0.6) is 0 Å². The lowest BCUT2D eigenvalue weighted by molar-refractivity contribution is 0.101. The Hall–Kier alpha value is -2.88. The number of ketones is 1. The average molecular weight is 537 g/mol. The molecule has 8 heteroatoms. The SMILES string of the molecule is CC(=O)c1ccc(S(=O)(=O)NCC(O)CC(CCNC2c3ccccc3CC2O)Cc2ccccc2)cc1. The molecule has 0 amide bonds. The van der Waals surface area contributed by atoms with E-state index in [0.717, 1.165) is 29.5 Å². The summed E-state index contributed by atoms with van der Waals surface area (Å²) in [5.74, 6) is -0.0315. The van der Waals surface area contributed by atoms with Gasteiger partial charge in [-0.25, -0.2) is 13.1 Å². The lowest BCUT2D eigenvalue weighted by Gasteiger charge is -2.23. The molecule has 3 aromatic carbocycles. The number of benzene rings is 3. The van der Waals surface area contributed by atoms with E-state index >= 15 is 0 Å². The first-order chi connectivity index (χ1) is 18.2. The van der Waals surface area contributed by atoms with Crippen molar-refractivity contribution in [1.29, 1.82) is 0 Å². The Morgan fingerprint density at radius 1 is 1.00 bits per heavy atom. The molecule has 0 bridgehead atoms. The fraction of sp³-hybridized carbons (Fsp3) is 0.367. The monoisotopic (exact) mass is 536 g/mol. The van der Waals surface area contributed by atoms with Gasteiger partial charge in [0.25, 0.3) is 0 Å². The zero-order valence-corrected chi connectivity index (χ0v) is 22.4. The number of hydrogen-bond donors (Lipinski definition) is 4. The van der Waals surface area contributed by atoms with Gasteiger partial charge in [-0.15, -0.1) is 0 Å². The van der Waals surface area contributed by atoms with E-state index in [9.17, 15) is 23.4 Å². The number of hydrogen-bond acceptors (Lipinski definition) is 6. The molecule has 0 aromatic heterocycles. The number of sulfonamides is 1. The van der Waals surface area contributed by atoms with Crippen LogP contribution >= 0.6 is 0 Å². The van der Waals surface area contributed by atoms with Crippen LogP contribution in [0.3, 0.4) is 0 Å². The second-order valence-electron chi connectivity index (χ2n) is 10.1. The lowest BCUT2D eigenvalue weighted by Crippen LogP contribution is -2.34. The van der Waals surface area contributed by atoms with Gasteiger partial charge in [0, 0.05) is 18.5 Å². The van der Waals surface area contributed by atoms with Crippen molar-refractivity contribution in [2.45, 2.75) is 55.8 Å². The number of fused-ring (bicyclic) bond motifs is 1. The van der Waals surface area contributed by atoms with Gasteiger partial charge in [-0.3, -0.25) is 4.79 Å². The second kappa shape index (κ2) is 12.8. The first kappa shape index (κ1) is 28.1. The summed E-state index contributed by atoms with van der Waals surface area (Å²) in [4.78, 5) is 11.5. The third-order valence-corrected chi connectivity index (χ3v) is 8.61. The molecule has 1 aliphatic rings. The largest absolute Gasteiger partial charge is 0.392 e. The third kappa shape index (κ3) is 7.36. The smallest absolute Gasteiger partial charge is 0.240 e. The minimum atomic E-state index is -3.82. The topological polar surface area (TPSA) is 116 Å². The quantitative estimate of drug-likeness (QED) is 0.249. The number of aliphatic hydroxyl groups is 2. The van der Waals surface area contributed by atoms with Gasteiger partial charge in [-0.1, -0.05) is 66.7 Å². The summed E-state index contributed by atoms with van der Waals surface area (Å²) in [5.41, 5.74) is 3.89. The normalized spacial score (nSPS) is 18.6. The van der Waals surface area contributed by atoms with E-state index in [4.69, 9.17) is 0 Å². The van der Waals surface area contributed by atoms with Gasteiger partial charge in [0.15, 0.2) is 5.78 Å². The molecule has 4 rings (SSSR count). The van der Waals surface area contributed by atoms with Crippen LogP contribution in [0.2, 0.25) is 0 Å². The molecule has 7 nitrogen and oxygen atoms in total. The maximum atomic E-state index is 12.7. The molecule has 4 N–H and O–H groups in total. The number of Topliss-reactive ketones (excluding diaryl/α,β-unsaturated/α-hetero) is 1. The lowest BCUT2D eigenvalue weighted by atomic mass is 9.90. The van der Waals surface area contributed by atoms with E-state index in [1.54, 1.807) is 0 Å². The number of aliphatic hydroxyl groups excluding tert-OH is 2. The van der Waals surface area contributed by atoms with Gasteiger partial charge in [0.1, 0.15) is 0 Å². The third-order valence-electron chi connectivity index (χ3n) is 7.17. The van der Waals surface area contributed by atoms with Crippen molar-refractivity contribution in [2.75, 3.05) is 13.1 Å². The molecule has 4 atom stereocenters. The second-order valence-corrected chi connectivity index (χ2v) is 11.8. The van der Waals surface area contributed by atoms with Crippen LogP contribution in [0.1, 0.15) is 52.9 Å². The predicted molar refractivity (Wildman–Crippen MR) is 147 cm³/mol. The average Bonchev–Trinajstić information content (AvgIpc) is 3.23. The van der Waals surface area contributed by atoms with Crippen molar-refractivity contribution in [2.24, 2.45) is 5.92 Å².